The summed E-state index contributed by atoms with van der Waals surface area (Å²) in [5.74, 6) is 1.18. The van der Waals surface area contributed by atoms with E-state index in [1.807, 2.05) is 30.0 Å². The van der Waals surface area contributed by atoms with E-state index in [0.717, 1.165) is 24.5 Å². The van der Waals surface area contributed by atoms with Gasteiger partial charge >= 0.3 is 0 Å². The fourth-order valence-electron chi connectivity index (χ4n) is 2.12. The Kier molecular flexibility index (Phi) is 4.40. The average Bonchev–Trinajstić information content (AvgIpc) is 2.38. The first kappa shape index (κ1) is 13.6. The molecule has 0 aromatic heterocycles. The zero-order valence-electron chi connectivity index (χ0n) is 10.4. The number of anilines is 1. The summed E-state index contributed by atoms with van der Waals surface area (Å²) in [6.45, 7) is 4.35. The first-order valence-corrected chi connectivity index (χ1v) is 7.55. The van der Waals surface area contributed by atoms with Gasteiger partial charge in [0, 0.05) is 35.3 Å². The second-order valence-electron chi connectivity index (χ2n) is 4.42. The lowest BCUT2D eigenvalue weighted by Gasteiger charge is -2.33. The zero-order valence-corrected chi connectivity index (χ0v) is 12.0. The van der Waals surface area contributed by atoms with Gasteiger partial charge in [-0.1, -0.05) is 18.5 Å². The largest absolute Gasteiger partial charge is 0.384 e. The molecule has 3 nitrogen and oxygen atoms in total. The number of rotatable bonds is 3. The monoisotopic (exact) mass is 283 g/mol. The van der Waals surface area contributed by atoms with E-state index >= 15 is 0 Å². The number of nitrogen functional groups attached to an aromatic ring is 1. The van der Waals surface area contributed by atoms with Gasteiger partial charge in [0.05, 0.1) is 5.02 Å². The smallest absolute Gasteiger partial charge is 0.124 e. The molecule has 0 saturated carbocycles. The Hall–Kier alpha value is -0.870. The van der Waals surface area contributed by atoms with E-state index in [2.05, 4.69) is 11.8 Å². The van der Waals surface area contributed by atoms with Crippen LogP contribution in [0.4, 0.5) is 5.69 Å². The number of nitrogens with two attached hydrogens (primary N) is 1. The summed E-state index contributed by atoms with van der Waals surface area (Å²) in [6, 6.07) is 5.76. The molecule has 1 aliphatic rings. The van der Waals surface area contributed by atoms with Gasteiger partial charge in [-0.25, -0.2) is 0 Å². The molecule has 5 heteroatoms. The number of nitrogens with one attached hydrogen (secondary N) is 1. The molecule has 1 heterocycles. The second-order valence-corrected chi connectivity index (χ2v) is 6.24. The summed E-state index contributed by atoms with van der Waals surface area (Å²) in [6.07, 6.45) is 1.19. The van der Waals surface area contributed by atoms with Gasteiger partial charge in [-0.05, 0) is 24.6 Å². The van der Waals surface area contributed by atoms with Gasteiger partial charge in [0.2, 0.25) is 0 Å². The molecule has 0 bridgehead atoms. The van der Waals surface area contributed by atoms with Crippen molar-refractivity contribution >= 4 is 34.9 Å². The van der Waals surface area contributed by atoms with Crippen LogP contribution in [0.3, 0.4) is 0 Å². The topological polar surface area (TPSA) is 53.1 Å². The van der Waals surface area contributed by atoms with E-state index in [1.54, 1.807) is 0 Å². The van der Waals surface area contributed by atoms with Crippen LogP contribution in [0.5, 0.6) is 0 Å². The molecule has 1 fully saturated rings. The van der Waals surface area contributed by atoms with Crippen molar-refractivity contribution in [1.82, 2.24) is 0 Å². The van der Waals surface area contributed by atoms with Crippen LogP contribution in [-0.4, -0.2) is 29.9 Å². The van der Waals surface area contributed by atoms with E-state index in [9.17, 15) is 0 Å². The van der Waals surface area contributed by atoms with Gasteiger partial charge in [0.15, 0.2) is 0 Å². The lowest BCUT2D eigenvalue weighted by Crippen LogP contribution is -2.37. The van der Waals surface area contributed by atoms with E-state index in [1.165, 1.54) is 6.42 Å². The number of nitrogens with zero attached hydrogens (tertiary/aromatic N) is 1. The van der Waals surface area contributed by atoms with E-state index < -0.39 is 0 Å². The fraction of sp³-hybridized carbons (Fsp3) is 0.462. The summed E-state index contributed by atoms with van der Waals surface area (Å²) in [5.41, 5.74) is 7.21. The quantitative estimate of drug-likeness (QED) is 0.662. The van der Waals surface area contributed by atoms with Gasteiger partial charge in [-0.15, -0.1) is 0 Å². The van der Waals surface area contributed by atoms with Crippen LogP contribution in [0.2, 0.25) is 5.02 Å². The van der Waals surface area contributed by atoms with Crippen LogP contribution < -0.4 is 10.6 Å². The van der Waals surface area contributed by atoms with Crippen molar-refractivity contribution < 1.29 is 0 Å². The highest BCUT2D eigenvalue weighted by atomic mass is 35.5. The van der Waals surface area contributed by atoms with Crippen LogP contribution in [-0.2, 0) is 0 Å². The van der Waals surface area contributed by atoms with Crippen LogP contribution in [0.1, 0.15) is 18.9 Å². The van der Waals surface area contributed by atoms with E-state index in [4.69, 9.17) is 22.7 Å². The predicted molar refractivity (Wildman–Crippen MR) is 81.2 cm³/mol. The van der Waals surface area contributed by atoms with Crippen LogP contribution in [0.15, 0.2) is 18.2 Å². The maximum atomic E-state index is 7.43. The average molecular weight is 284 g/mol. The number of hydrogen-bond acceptors (Lipinski definition) is 3. The zero-order chi connectivity index (χ0) is 13.1. The van der Waals surface area contributed by atoms with E-state index in [-0.39, 0.29) is 5.84 Å². The molecular weight excluding hydrogens is 266 g/mol. The molecule has 1 aromatic rings. The molecule has 1 aliphatic heterocycles. The molecule has 2 rings (SSSR count). The summed E-state index contributed by atoms with van der Waals surface area (Å²) < 4.78 is 0. The van der Waals surface area contributed by atoms with Crippen molar-refractivity contribution in [3.63, 3.8) is 0 Å². The summed E-state index contributed by atoms with van der Waals surface area (Å²) in [7, 11) is 0. The predicted octanol–water partition coefficient (Wildman–Crippen LogP) is 2.96. The molecule has 3 N–H and O–H groups in total. The Labute approximate surface area is 117 Å². The molecule has 98 valence electrons. The summed E-state index contributed by atoms with van der Waals surface area (Å²) in [4.78, 5) is 2.36. The Morgan fingerprint density at radius 2 is 2.39 bits per heavy atom. The second kappa shape index (κ2) is 5.85. The lowest BCUT2D eigenvalue weighted by molar-refractivity contribution is 0.728. The highest BCUT2D eigenvalue weighted by Crippen LogP contribution is 2.28. The molecule has 1 saturated heterocycles. The molecule has 1 unspecified atom stereocenters. The standard InChI is InChI=1S/C13H18ClN3S/c1-2-10-8-17(5-6-18-10)9-3-4-11(13(15)16)12(14)7-9/h3-4,7,10H,2,5-6,8H2,1H3,(H3,15,16). The highest BCUT2D eigenvalue weighted by molar-refractivity contribution is 8.00. The minimum absolute atomic E-state index is 0.0205. The van der Waals surface area contributed by atoms with Gasteiger partial charge in [-0.2, -0.15) is 11.8 Å². The Morgan fingerprint density at radius 1 is 1.61 bits per heavy atom. The Balaban J connectivity index is 2.18. The molecule has 18 heavy (non-hydrogen) atoms. The number of hydrogen-bond donors (Lipinski definition) is 2. The molecular formula is C13H18ClN3S. The first-order chi connectivity index (χ1) is 8.61. The highest BCUT2D eigenvalue weighted by Gasteiger charge is 2.19. The van der Waals surface area contributed by atoms with Crippen LogP contribution in [0, 0.1) is 5.41 Å². The third-order valence-corrected chi connectivity index (χ3v) is 4.89. The summed E-state index contributed by atoms with van der Waals surface area (Å²) in [5, 5.41) is 8.69. The number of halogens is 1. The van der Waals surface area contributed by atoms with Crippen molar-refractivity contribution in [3.8, 4) is 0 Å². The molecule has 1 atom stereocenters. The summed E-state index contributed by atoms with van der Waals surface area (Å²) >= 11 is 8.21. The minimum atomic E-state index is 0.0205. The normalized spacial score (nSPS) is 19.9. The van der Waals surface area contributed by atoms with Crippen LogP contribution in [0.25, 0.3) is 0 Å². The van der Waals surface area contributed by atoms with Crippen molar-refractivity contribution in [2.75, 3.05) is 23.7 Å². The molecule has 1 aromatic carbocycles. The van der Waals surface area contributed by atoms with Crippen molar-refractivity contribution in [1.29, 1.82) is 5.41 Å². The van der Waals surface area contributed by atoms with Crippen LogP contribution >= 0.6 is 23.4 Å². The number of amidine groups is 1. The molecule has 0 amide bonds. The SMILES string of the molecule is CCC1CN(c2ccc(C(=N)N)c(Cl)c2)CCS1. The van der Waals surface area contributed by atoms with Gasteiger partial charge in [0.25, 0.3) is 0 Å². The van der Waals surface area contributed by atoms with Crippen molar-refractivity contribution in [2.45, 2.75) is 18.6 Å². The number of benzene rings is 1. The molecule has 0 radical (unpaired) electrons. The third kappa shape index (κ3) is 2.93. The molecule has 0 aliphatic carbocycles. The maximum absolute atomic E-state index is 7.43. The Bertz CT molecular complexity index is 450. The van der Waals surface area contributed by atoms with Gasteiger partial charge in [0.1, 0.15) is 5.84 Å². The lowest BCUT2D eigenvalue weighted by atomic mass is 10.1. The molecule has 0 spiro atoms. The number of thioether (sulfide) groups is 1. The van der Waals surface area contributed by atoms with Gasteiger partial charge < -0.3 is 10.6 Å². The van der Waals surface area contributed by atoms with Crippen molar-refractivity contribution in [3.05, 3.63) is 28.8 Å². The third-order valence-electron chi connectivity index (χ3n) is 3.20. The minimum Gasteiger partial charge on any atom is -0.384 e. The van der Waals surface area contributed by atoms with Crippen molar-refractivity contribution in [2.24, 2.45) is 5.73 Å². The maximum Gasteiger partial charge on any atom is 0.124 e. The fourth-order valence-corrected chi connectivity index (χ4v) is 3.58. The first-order valence-electron chi connectivity index (χ1n) is 6.12. The van der Waals surface area contributed by atoms with Gasteiger partial charge in [-0.3, -0.25) is 5.41 Å². The van der Waals surface area contributed by atoms with E-state index in [0.29, 0.717) is 15.8 Å². The Morgan fingerprint density at radius 3 is 3.00 bits per heavy atom.